The molecule has 2 heterocycles. The van der Waals surface area contributed by atoms with Crippen molar-refractivity contribution >= 4 is 34.8 Å². The van der Waals surface area contributed by atoms with E-state index < -0.39 is 17.7 Å². The molecule has 2 aliphatic carbocycles. The molecule has 1 N–H and O–H groups in total. The molecule has 2 aromatic heterocycles. The van der Waals surface area contributed by atoms with E-state index in [4.69, 9.17) is 23.2 Å². The van der Waals surface area contributed by atoms with Crippen LogP contribution in [0.5, 0.6) is 0 Å². The Bertz CT molecular complexity index is 1560. The van der Waals surface area contributed by atoms with Gasteiger partial charge in [-0.25, -0.2) is 9.37 Å². The van der Waals surface area contributed by atoms with Gasteiger partial charge in [0.15, 0.2) is 11.6 Å². The van der Waals surface area contributed by atoms with Gasteiger partial charge in [-0.1, -0.05) is 59.6 Å². The molecular weight excluding hydrogens is 526 g/mol. The normalized spacial score (nSPS) is 18.7. The van der Waals surface area contributed by atoms with Crippen LogP contribution in [-0.4, -0.2) is 26.2 Å². The Balaban J connectivity index is 1.42. The third-order valence-electron chi connectivity index (χ3n) is 7.87. The average Bonchev–Trinajstić information content (AvgIpc) is 3.26. The van der Waals surface area contributed by atoms with Gasteiger partial charge in [0.05, 0.1) is 16.3 Å². The summed E-state index contributed by atoms with van der Waals surface area (Å²) < 4.78 is 17.4. The first-order valence-corrected chi connectivity index (χ1v) is 13.3. The molecule has 5 nitrogen and oxygen atoms in total. The number of pyridine rings is 1. The maximum Gasteiger partial charge on any atom is 0.199 e. The summed E-state index contributed by atoms with van der Waals surface area (Å²) in [5, 5.41) is 10.9. The minimum atomic E-state index is -1.50. The molecule has 1 fully saturated rings. The highest BCUT2D eigenvalue weighted by Crippen LogP contribution is 2.51. The number of aliphatic hydroxyl groups is 1. The van der Waals surface area contributed by atoms with Crippen LogP contribution >= 0.6 is 23.2 Å². The van der Waals surface area contributed by atoms with E-state index in [-0.39, 0.29) is 38.7 Å². The van der Waals surface area contributed by atoms with Gasteiger partial charge in [-0.05, 0) is 60.9 Å². The number of carbonyl (C=O) groups excluding carboxylic acids is 2. The van der Waals surface area contributed by atoms with E-state index >= 15 is 4.39 Å². The fourth-order valence-corrected chi connectivity index (χ4v) is 6.30. The smallest absolute Gasteiger partial charge is 0.199 e. The van der Waals surface area contributed by atoms with Gasteiger partial charge >= 0.3 is 0 Å². The summed E-state index contributed by atoms with van der Waals surface area (Å²) >= 11 is 12.6. The molecule has 0 saturated heterocycles. The van der Waals surface area contributed by atoms with E-state index in [1.807, 2.05) is 0 Å². The molecule has 2 aromatic carbocycles. The Labute approximate surface area is 228 Å². The van der Waals surface area contributed by atoms with Crippen molar-refractivity contribution in [2.75, 3.05) is 0 Å². The van der Waals surface area contributed by atoms with Crippen LogP contribution in [0.2, 0.25) is 10.2 Å². The summed E-state index contributed by atoms with van der Waals surface area (Å²) in [7, 11) is 0. The van der Waals surface area contributed by atoms with Crippen molar-refractivity contribution in [1.29, 1.82) is 0 Å². The topological polar surface area (TPSA) is 72.2 Å². The maximum atomic E-state index is 15.7. The lowest BCUT2D eigenvalue weighted by atomic mass is 9.65. The molecular formula is C30H23Cl2FN2O3. The van der Waals surface area contributed by atoms with Gasteiger partial charge in [0, 0.05) is 35.1 Å². The second kappa shape index (κ2) is 9.77. The second-order valence-electron chi connectivity index (χ2n) is 9.89. The van der Waals surface area contributed by atoms with Crippen LogP contribution in [0.1, 0.15) is 74.4 Å². The summed E-state index contributed by atoms with van der Waals surface area (Å²) in [6, 6.07) is 14.2. The lowest BCUT2D eigenvalue weighted by molar-refractivity contribution is 0.0747. The van der Waals surface area contributed by atoms with Crippen LogP contribution in [0.4, 0.5) is 4.39 Å². The first kappa shape index (κ1) is 25.0. The molecule has 1 saturated carbocycles. The van der Waals surface area contributed by atoms with Crippen LogP contribution in [0.25, 0.3) is 5.69 Å². The van der Waals surface area contributed by atoms with E-state index in [2.05, 4.69) is 4.98 Å². The number of Topliss-reactive ketones (excluding diaryl/α,β-unsaturated/α-hetero) is 1. The van der Waals surface area contributed by atoms with Crippen molar-refractivity contribution in [1.82, 2.24) is 9.55 Å². The van der Waals surface area contributed by atoms with E-state index in [0.29, 0.717) is 23.5 Å². The van der Waals surface area contributed by atoms with Gasteiger partial charge in [0.1, 0.15) is 17.1 Å². The molecule has 6 rings (SSSR count). The number of aliphatic hydroxyl groups excluding tert-OH is 1. The summed E-state index contributed by atoms with van der Waals surface area (Å²) in [4.78, 5) is 30.4. The fraction of sp³-hybridized carbons (Fsp3) is 0.233. The monoisotopic (exact) mass is 548 g/mol. The zero-order valence-corrected chi connectivity index (χ0v) is 21.7. The highest BCUT2D eigenvalue weighted by Gasteiger charge is 2.41. The van der Waals surface area contributed by atoms with Gasteiger partial charge in [0.25, 0.3) is 0 Å². The summed E-state index contributed by atoms with van der Waals surface area (Å²) in [5.74, 6) is -0.729. The Morgan fingerprint density at radius 2 is 1.84 bits per heavy atom. The van der Waals surface area contributed by atoms with Gasteiger partial charge < -0.3 is 9.67 Å². The van der Waals surface area contributed by atoms with Crippen LogP contribution in [0.15, 0.2) is 67.0 Å². The lowest BCUT2D eigenvalue weighted by Crippen LogP contribution is -2.31. The Kier molecular flexibility index (Phi) is 6.42. The number of halogens is 3. The van der Waals surface area contributed by atoms with Crippen LogP contribution in [0, 0.1) is 11.7 Å². The van der Waals surface area contributed by atoms with E-state index in [1.54, 1.807) is 53.2 Å². The predicted molar refractivity (Wildman–Crippen MR) is 143 cm³/mol. The molecule has 192 valence electrons. The third kappa shape index (κ3) is 4.08. The van der Waals surface area contributed by atoms with Gasteiger partial charge in [-0.3, -0.25) is 9.59 Å². The molecule has 38 heavy (non-hydrogen) atoms. The van der Waals surface area contributed by atoms with Crippen LogP contribution < -0.4 is 0 Å². The van der Waals surface area contributed by atoms with Crippen molar-refractivity contribution < 1.29 is 19.1 Å². The Morgan fingerprint density at radius 3 is 2.53 bits per heavy atom. The average molecular weight is 549 g/mol. The van der Waals surface area contributed by atoms with Crippen molar-refractivity contribution in [3.8, 4) is 5.69 Å². The minimum absolute atomic E-state index is 0.0222. The number of benzene rings is 2. The zero-order chi connectivity index (χ0) is 26.6. The Hall–Kier alpha value is -3.32. The Morgan fingerprint density at radius 1 is 1.05 bits per heavy atom. The summed E-state index contributed by atoms with van der Waals surface area (Å²) in [6.45, 7) is 0. The quantitative estimate of drug-likeness (QED) is 0.210. The highest BCUT2D eigenvalue weighted by molar-refractivity contribution is 6.40. The number of hydrogen-bond acceptors (Lipinski definition) is 4. The predicted octanol–water partition coefficient (Wildman–Crippen LogP) is 6.91. The van der Waals surface area contributed by atoms with Gasteiger partial charge in [0.2, 0.25) is 0 Å². The number of ketones is 2. The fourth-order valence-electron chi connectivity index (χ4n) is 5.78. The maximum absolute atomic E-state index is 15.7. The number of nitrogens with zero attached hydrogens (tertiary/aromatic N) is 2. The molecule has 8 heteroatoms. The van der Waals surface area contributed by atoms with Crippen molar-refractivity contribution in [2.45, 2.75) is 37.7 Å². The van der Waals surface area contributed by atoms with E-state index in [9.17, 15) is 14.7 Å². The number of rotatable bonds is 6. The SMILES string of the molecule is O=C(c1cn(-c2ccc(C(O)C(=O)c3ccccc3)cc2F)c2c1CCC1CCC21)c1c(Cl)ccnc1Cl. The number of aromatic nitrogens is 2. The summed E-state index contributed by atoms with van der Waals surface area (Å²) in [5.41, 5.74) is 3.13. The third-order valence-corrected chi connectivity index (χ3v) is 8.47. The van der Waals surface area contributed by atoms with E-state index in [1.165, 1.54) is 18.3 Å². The first-order chi connectivity index (χ1) is 18.3. The largest absolute Gasteiger partial charge is 0.380 e. The first-order valence-electron chi connectivity index (χ1n) is 12.5. The van der Waals surface area contributed by atoms with Crippen molar-refractivity contribution in [3.05, 3.63) is 116 Å². The van der Waals surface area contributed by atoms with E-state index in [0.717, 1.165) is 30.5 Å². The van der Waals surface area contributed by atoms with Gasteiger partial charge in [-0.15, -0.1) is 0 Å². The molecule has 2 aliphatic rings. The molecule has 0 amide bonds. The van der Waals surface area contributed by atoms with Gasteiger partial charge in [-0.2, -0.15) is 0 Å². The number of fused-ring (bicyclic) bond motifs is 3. The molecule has 0 aliphatic heterocycles. The van der Waals surface area contributed by atoms with Crippen LogP contribution in [0.3, 0.4) is 0 Å². The van der Waals surface area contributed by atoms with Crippen LogP contribution in [-0.2, 0) is 6.42 Å². The second-order valence-corrected chi connectivity index (χ2v) is 10.7. The minimum Gasteiger partial charge on any atom is -0.380 e. The number of carbonyl (C=O) groups is 2. The molecule has 0 spiro atoms. The molecule has 0 bridgehead atoms. The molecule has 3 unspecified atom stereocenters. The molecule has 0 radical (unpaired) electrons. The molecule has 4 aromatic rings. The standard InChI is InChI=1S/C30H23Cl2FN2O3/c31-22-12-13-34-30(32)25(22)29(38)21-15-35(26-19-9-6-16(19)7-10-20(21)26)24-11-8-18(14-23(24)33)28(37)27(36)17-4-2-1-3-5-17/h1-5,8,11-16,19,28,37H,6-7,9-10H2. The molecule has 3 atom stereocenters. The van der Waals surface area contributed by atoms with Crippen molar-refractivity contribution in [2.24, 2.45) is 5.92 Å². The summed E-state index contributed by atoms with van der Waals surface area (Å²) in [6.07, 6.45) is 5.34. The highest BCUT2D eigenvalue weighted by atomic mass is 35.5. The lowest BCUT2D eigenvalue weighted by Gasteiger charge is -2.41. The number of hydrogen-bond donors (Lipinski definition) is 1. The van der Waals surface area contributed by atoms with Crippen molar-refractivity contribution in [3.63, 3.8) is 0 Å². The zero-order valence-electron chi connectivity index (χ0n) is 20.2.